The maximum absolute atomic E-state index is 13.0. The molecule has 9 nitrogen and oxygen atoms in total. The molecule has 36 heavy (non-hydrogen) atoms. The lowest BCUT2D eigenvalue weighted by atomic mass is 9.99. The molecule has 0 aliphatic carbocycles. The third-order valence-electron chi connectivity index (χ3n) is 5.12. The minimum Gasteiger partial charge on any atom is -0.490 e. The van der Waals surface area contributed by atoms with Crippen LogP contribution in [0.3, 0.4) is 0 Å². The highest BCUT2D eigenvalue weighted by Gasteiger charge is 2.27. The topological polar surface area (TPSA) is 123 Å². The highest BCUT2D eigenvalue weighted by molar-refractivity contribution is 7.90. The maximum Gasteiger partial charge on any atom is 0.339 e. The van der Waals surface area contributed by atoms with Crippen LogP contribution in [0.15, 0.2) is 70.4 Å². The van der Waals surface area contributed by atoms with Crippen molar-refractivity contribution >= 4 is 22.2 Å². The number of nitrogens with zero attached hydrogens (tertiary/aromatic N) is 1. The minimum atomic E-state index is -3.83. The van der Waals surface area contributed by atoms with Crippen LogP contribution >= 0.6 is 0 Å². The van der Waals surface area contributed by atoms with Crippen LogP contribution in [0.1, 0.15) is 43.6 Å². The van der Waals surface area contributed by atoms with Gasteiger partial charge in [-0.25, -0.2) is 18.3 Å². The molecule has 0 spiro atoms. The van der Waals surface area contributed by atoms with Crippen LogP contribution in [0.25, 0.3) is 11.1 Å². The summed E-state index contributed by atoms with van der Waals surface area (Å²) < 4.78 is 37.2. The molecule has 0 saturated carbocycles. The summed E-state index contributed by atoms with van der Waals surface area (Å²) in [7, 11) is -3.83. The Kier molecular flexibility index (Phi) is 8.21. The van der Waals surface area contributed by atoms with E-state index < -0.39 is 33.2 Å². The van der Waals surface area contributed by atoms with E-state index in [2.05, 4.69) is 0 Å². The number of rotatable bonds is 11. The van der Waals surface area contributed by atoms with Crippen LogP contribution in [-0.4, -0.2) is 49.2 Å². The predicted octanol–water partition coefficient (Wildman–Crippen LogP) is 4.57. The first kappa shape index (κ1) is 27.0. The van der Waals surface area contributed by atoms with Crippen LogP contribution in [-0.2, 0) is 25.2 Å². The second-order valence-corrected chi connectivity index (χ2v) is 11.2. The van der Waals surface area contributed by atoms with E-state index in [1.54, 1.807) is 58.0 Å². The number of aromatic carboxylic acids is 1. The highest BCUT2D eigenvalue weighted by atomic mass is 32.2. The Morgan fingerprint density at radius 2 is 1.83 bits per heavy atom. The van der Waals surface area contributed by atoms with Crippen LogP contribution < -0.4 is 4.74 Å². The molecule has 1 aromatic heterocycles. The predicted molar refractivity (Wildman–Crippen MR) is 132 cm³/mol. The molecule has 0 fully saturated rings. The highest BCUT2D eigenvalue weighted by Crippen LogP contribution is 2.37. The molecule has 1 atom stereocenters. The third-order valence-corrected chi connectivity index (χ3v) is 6.81. The number of amides is 1. The second kappa shape index (κ2) is 11.0. The number of hydroxylamine groups is 2. The lowest BCUT2D eigenvalue weighted by Gasteiger charge is -2.31. The van der Waals surface area contributed by atoms with Crippen LogP contribution in [0.4, 0.5) is 0 Å². The first-order valence-electron chi connectivity index (χ1n) is 11.2. The zero-order chi connectivity index (χ0) is 26.5. The van der Waals surface area contributed by atoms with Crippen molar-refractivity contribution in [3.63, 3.8) is 0 Å². The van der Waals surface area contributed by atoms with E-state index >= 15 is 0 Å². The number of carboxylic acid groups (broad SMARTS) is 1. The molecule has 0 radical (unpaired) electrons. The standard InChI is InChI=1S/C26H29NO8S/c1-18(27(17-28)35-26(2,3)4)14-34-24-22(19-12-13-33-15-19)11-10-20(23(24)25(29)30)16-36(31,32)21-8-6-5-7-9-21/h5-13,15,17-18H,14,16H2,1-4H3,(H,29,30). The second-order valence-electron chi connectivity index (χ2n) is 9.19. The fourth-order valence-electron chi connectivity index (χ4n) is 3.50. The van der Waals surface area contributed by atoms with Gasteiger partial charge in [-0.15, -0.1) is 0 Å². The Morgan fingerprint density at radius 1 is 1.14 bits per heavy atom. The van der Waals surface area contributed by atoms with Crippen molar-refractivity contribution in [2.24, 2.45) is 0 Å². The van der Waals surface area contributed by atoms with Gasteiger partial charge in [0.2, 0.25) is 6.41 Å². The van der Waals surface area contributed by atoms with Gasteiger partial charge in [0, 0.05) is 11.1 Å². The normalized spacial score (nSPS) is 12.7. The van der Waals surface area contributed by atoms with Crippen molar-refractivity contribution in [2.75, 3.05) is 6.61 Å². The number of carbonyl (C=O) groups excluding carboxylic acids is 1. The van der Waals surface area contributed by atoms with Crippen LogP contribution in [0.2, 0.25) is 0 Å². The summed E-state index contributed by atoms with van der Waals surface area (Å²) >= 11 is 0. The number of ether oxygens (including phenoxy) is 1. The van der Waals surface area contributed by atoms with E-state index in [9.17, 15) is 23.1 Å². The number of carbonyl (C=O) groups is 2. The molecular formula is C26H29NO8S. The average Bonchev–Trinajstić information content (AvgIpc) is 3.35. The molecule has 10 heteroatoms. The summed E-state index contributed by atoms with van der Waals surface area (Å²) in [5, 5.41) is 11.2. The molecule has 3 aromatic rings. The molecule has 1 N–H and O–H groups in total. The molecule has 192 valence electrons. The molecule has 0 aliphatic rings. The van der Waals surface area contributed by atoms with Gasteiger partial charge in [0.05, 0.1) is 34.8 Å². The largest absolute Gasteiger partial charge is 0.490 e. The fraction of sp³-hybridized carbons (Fsp3) is 0.308. The Labute approximate surface area is 210 Å². The van der Waals surface area contributed by atoms with E-state index in [0.717, 1.165) is 5.06 Å². The molecule has 1 heterocycles. The van der Waals surface area contributed by atoms with Gasteiger partial charge < -0.3 is 14.3 Å². The summed E-state index contributed by atoms with van der Waals surface area (Å²) in [6.45, 7) is 6.92. The van der Waals surface area contributed by atoms with Crippen LogP contribution in [0, 0.1) is 0 Å². The van der Waals surface area contributed by atoms with E-state index in [1.807, 2.05) is 0 Å². The van der Waals surface area contributed by atoms with Gasteiger partial charge in [-0.05, 0) is 51.5 Å². The molecule has 0 aliphatic heterocycles. The zero-order valence-corrected chi connectivity index (χ0v) is 21.3. The summed E-state index contributed by atoms with van der Waals surface area (Å²) in [5.41, 5.74) is 0.100. The molecular weight excluding hydrogens is 486 g/mol. The molecule has 1 amide bonds. The van der Waals surface area contributed by atoms with Gasteiger partial charge in [0.15, 0.2) is 9.84 Å². The van der Waals surface area contributed by atoms with E-state index in [4.69, 9.17) is 14.0 Å². The van der Waals surface area contributed by atoms with E-state index in [-0.39, 0.29) is 28.4 Å². The first-order chi connectivity index (χ1) is 16.9. The fourth-order valence-corrected chi connectivity index (χ4v) is 4.89. The monoisotopic (exact) mass is 515 g/mol. The number of hydrogen-bond acceptors (Lipinski definition) is 7. The number of benzene rings is 2. The van der Waals surface area contributed by atoms with Gasteiger partial charge in [-0.2, -0.15) is 0 Å². The lowest BCUT2D eigenvalue weighted by Crippen LogP contribution is -2.41. The molecule has 1 unspecified atom stereocenters. The Balaban J connectivity index is 2.03. The summed E-state index contributed by atoms with van der Waals surface area (Å²) in [4.78, 5) is 29.7. The summed E-state index contributed by atoms with van der Waals surface area (Å²) in [6.07, 6.45) is 3.39. The zero-order valence-electron chi connectivity index (χ0n) is 20.5. The summed E-state index contributed by atoms with van der Waals surface area (Å²) in [6, 6.07) is 11.9. The van der Waals surface area contributed by atoms with Gasteiger partial charge >= 0.3 is 5.97 Å². The van der Waals surface area contributed by atoms with Gasteiger partial charge in [0.25, 0.3) is 0 Å². The van der Waals surface area contributed by atoms with Crippen molar-refractivity contribution in [1.82, 2.24) is 5.06 Å². The first-order valence-corrected chi connectivity index (χ1v) is 12.8. The maximum atomic E-state index is 13.0. The van der Waals surface area contributed by atoms with Crippen LogP contribution in [0.5, 0.6) is 5.75 Å². The third kappa shape index (κ3) is 6.52. The Hall–Kier alpha value is -3.63. The van der Waals surface area contributed by atoms with Crippen molar-refractivity contribution in [3.8, 4) is 16.9 Å². The smallest absolute Gasteiger partial charge is 0.339 e. The van der Waals surface area contributed by atoms with Gasteiger partial charge in [-0.1, -0.05) is 30.3 Å². The average molecular weight is 516 g/mol. The quantitative estimate of drug-likeness (QED) is 0.291. The lowest BCUT2D eigenvalue weighted by molar-refractivity contribution is -0.232. The van der Waals surface area contributed by atoms with E-state index in [1.165, 1.54) is 30.7 Å². The van der Waals surface area contributed by atoms with Crippen molar-refractivity contribution in [3.05, 3.63) is 72.2 Å². The molecule has 0 saturated heterocycles. The number of sulfone groups is 1. The number of furan rings is 1. The molecule has 0 bridgehead atoms. The van der Waals surface area contributed by atoms with Gasteiger partial charge in [-0.3, -0.25) is 9.63 Å². The Morgan fingerprint density at radius 3 is 2.39 bits per heavy atom. The van der Waals surface area contributed by atoms with Gasteiger partial charge in [0.1, 0.15) is 17.9 Å². The SMILES string of the molecule is CC(COc1c(-c2ccoc2)ccc(CS(=O)(=O)c2ccccc2)c1C(=O)O)N(C=O)OC(C)(C)C. The van der Waals surface area contributed by atoms with Crippen molar-refractivity contribution < 1.29 is 37.1 Å². The molecule has 2 aromatic carbocycles. The van der Waals surface area contributed by atoms with E-state index in [0.29, 0.717) is 17.5 Å². The van der Waals surface area contributed by atoms with Crippen molar-refractivity contribution in [1.29, 1.82) is 0 Å². The number of hydrogen-bond donors (Lipinski definition) is 1. The Bertz CT molecular complexity index is 1300. The minimum absolute atomic E-state index is 0.0295. The molecule has 3 rings (SSSR count). The summed E-state index contributed by atoms with van der Waals surface area (Å²) in [5.74, 6) is -1.92. The number of carboxylic acids is 1. The van der Waals surface area contributed by atoms with Crippen molar-refractivity contribution in [2.45, 2.75) is 50.0 Å².